The molecule has 0 bridgehead atoms. The van der Waals surface area contributed by atoms with Crippen LogP contribution in [0.15, 0.2) is 12.1 Å². The Balaban J connectivity index is 2.47. The van der Waals surface area contributed by atoms with Crippen LogP contribution in [0.5, 0.6) is 0 Å². The van der Waals surface area contributed by atoms with E-state index in [1.54, 1.807) is 11.3 Å². The topological polar surface area (TPSA) is 38.0 Å². The Morgan fingerprint density at radius 3 is 2.92 bits per heavy atom. The van der Waals surface area contributed by atoms with Gasteiger partial charge in [0, 0.05) is 11.4 Å². The summed E-state index contributed by atoms with van der Waals surface area (Å²) in [5.41, 5.74) is 5.88. The number of hydrogen-bond donors (Lipinski definition) is 2. The number of likely N-dealkylation sites (N-methyl/N-ethyl adjacent to an activating group) is 1. The van der Waals surface area contributed by atoms with Crippen molar-refractivity contribution in [1.29, 1.82) is 0 Å². The predicted octanol–water partition coefficient (Wildman–Crippen LogP) is 2.01. The van der Waals surface area contributed by atoms with Crippen LogP contribution in [0.3, 0.4) is 0 Å². The van der Waals surface area contributed by atoms with E-state index in [2.05, 4.69) is 12.2 Å². The lowest BCUT2D eigenvalue weighted by molar-refractivity contribution is 0.623. The monoisotopic (exact) mass is 204 g/mol. The number of thiophene rings is 1. The van der Waals surface area contributed by atoms with Crippen molar-refractivity contribution in [2.75, 3.05) is 13.1 Å². The molecule has 0 saturated carbocycles. The van der Waals surface area contributed by atoms with E-state index < -0.39 is 0 Å². The van der Waals surface area contributed by atoms with Gasteiger partial charge in [-0.05, 0) is 18.7 Å². The van der Waals surface area contributed by atoms with Gasteiger partial charge in [0.25, 0.3) is 0 Å². The minimum Gasteiger partial charge on any atom is -0.322 e. The number of halogens is 1. The normalized spacial score (nSPS) is 13.2. The highest BCUT2D eigenvalue weighted by Gasteiger charge is 2.06. The molecule has 0 amide bonds. The third-order valence-electron chi connectivity index (χ3n) is 1.57. The molecule has 0 aliphatic rings. The molecular formula is C8H13ClN2S. The minimum absolute atomic E-state index is 0.0717. The second kappa shape index (κ2) is 4.82. The number of hydrogen-bond acceptors (Lipinski definition) is 3. The molecule has 2 nitrogen and oxygen atoms in total. The highest BCUT2D eigenvalue weighted by atomic mass is 35.5. The van der Waals surface area contributed by atoms with Gasteiger partial charge in [0.1, 0.15) is 0 Å². The smallest absolute Gasteiger partial charge is 0.0931 e. The first kappa shape index (κ1) is 9.99. The first-order valence-corrected chi connectivity index (χ1v) is 5.15. The zero-order valence-electron chi connectivity index (χ0n) is 7.01. The van der Waals surface area contributed by atoms with E-state index in [-0.39, 0.29) is 6.04 Å². The number of rotatable bonds is 4. The molecule has 1 atom stereocenters. The molecular weight excluding hydrogens is 192 g/mol. The third kappa shape index (κ3) is 2.75. The molecule has 4 heteroatoms. The SMILES string of the molecule is CCNCC(N)c1ccc(Cl)s1. The van der Waals surface area contributed by atoms with E-state index in [9.17, 15) is 0 Å². The van der Waals surface area contributed by atoms with Crippen LogP contribution in [0.2, 0.25) is 4.34 Å². The molecule has 0 fully saturated rings. The fraction of sp³-hybridized carbons (Fsp3) is 0.500. The summed E-state index contributed by atoms with van der Waals surface area (Å²) in [4.78, 5) is 1.14. The summed E-state index contributed by atoms with van der Waals surface area (Å²) in [6.07, 6.45) is 0. The van der Waals surface area contributed by atoms with Crippen LogP contribution < -0.4 is 11.1 Å². The Morgan fingerprint density at radius 1 is 1.67 bits per heavy atom. The maximum absolute atomic E-state index is 5.88. The largest absolute Gasteiger partial charge is 0.322 e. The van der Waals surface area contributed by atoms with E-state index in [0.717, 1.165) is 22.3 Å². The van der Waals surface area contributed by atoms with Crippen molar-refractivity contribution in [2.45, 2.75) is 13.0 Å². The van der Waals surface area contributed by atoms with Crippen LogP contribution >= 0.6 is 22.9 Å². The lowest BCUT2D eigenvalue weighted by atomic mass is 10.2. The standard InChI is InChI=1S/C8H13ClN2S/c1-2-11-5-6(10)7-3-4-8(9)12-7/h3-4,6,11H,2,5,10H2,1H3. The fourth-order valence-electron chi connectivity index (χ4n) is 0.928. The maximum atomic E-state index is 5.88. The van der Waals surface area contributed by atoms with Crippen molar-refractivity contribution in [3.63, 3.8) is 0 Å². The van der Waals surface area contributed by atoms with Crippen LogP contribution in [0.4, 0.5) is 0 Å². The van der Waals surface area contributed by atoms with Gasteiger partial charge >= 0.3 is 0 Å². The first-order chi connectivity index (χ1) is 5.74. The summed E-state index contributed by atoms with van der Waals surface area (Å²) in [6.45, 7) is 3.83. The fourth-order valence-corrected chi connectivity index (χ4v) is 1.99. The van der Waals surface area contributed by atoms with Crippen molar-refractivity contribution in [3.05, 3.63) is 21.3 Å². The Labute approximate surface area is 81.7 Å². The Bertz CT molecular complexity index is 237. The highest BCUT2D eigenvalue weighted by molar-refractivity contribution is 7.16. The van der Waals surface area contributed by atoms with Gasteiger partial charge in [-0.1, -0.05) is 18.5 Å². The number of nitrogens with two attached hydrogens (primary N) is 1. The van der Waals surface area contributed by atoms with Gasteiger partial charge in [0.05, 0.1) is 10.4 Å². The van der Waals surface area contributed by atoms with Gasteiger partial charge in [-0.3, -0.25) is 0 Å². The molecule has 12 heavy (non-hydrogen) atoms. The molecule has 1 aromatic rings. The Morgan fingerprint density at radius 2 is 2.42 bits per heavy atom. The summed E-state index contributed by atoms with van der Waals surface area (Å²) in [5, 5.41) is 3.19. The number of nitrogens with one attached hydrogen (secondary N) is 1. The summed E-state index contributed by atoms with van der Waals surface area (Å²) < 4.78 is 0.803. The molecule has 0 radical (unpaired) electrons. The highest BCUT2D eigenvalue weighted by Crippen LogP contribution is 2.25. The summed E-state index contributed by atoms with van der Waals surface area (Å²) in [7, 11) is 0. The van der Waals surface area contributed by atoms with Gasteiger partial charge in [0.15, 0.2) is 0 Å². The first-order valence-electron chi connectivity index (χ1n) is 3.95. The van der Waals surface area contributed by atoms with E-state index in [0.29, 0.717) is 0 Å². The van der Waals surface area contributed by atoms with Crippen molar-refractivity contribution < 1.29 is 0 Å². The lowest BCUT2D eigenvalue weighted by Crippen LogP contribution is -2.25. The molecule has 0 spiro atoms. The van der Waals surface area contributed by atoms with Crippen LogP contribution in [0, 0.1) is 0 Å². The van der Waals surface area contributed by atoms with Gasteiger partial charge < -0.3 is 11.1 Å². The van der Waals surface area contributed by atoms with E-state index in [4.69, 9.17) is 17.3 Å². The quantitative estimate of drug-likeness (QED) is 0.788. The van der Waals surface area contributed by atoms with Crippen LogP contribution in [0.1, 0.15) is 17.8 Å². The molecule has 1 aromatic heterocycles. The van der Waals surface area contributed by atoms with Crippen molar-refractivity contribution in [2.24, 2.45) is 5.73 Å². The average Bonchev–Trinajstić information content (AvgIpc) is 2.47. The molecule has 0 aromatic carbocycles. The second-order valence-electron chi connectivity index (χ2n) is 2.56. The average molecular weight is 205 g/mol. The van der Waals surface area contributed by atoms with Gasteiger partial charge in [0.2, 0.25) is 0 Å². The molecule has 0 aliphatic heterocycles. The van der Waals surface area contributed by atoms with Crippen LogP contribution in [-0.2, 0) is 0 Å². The Kier molecular flexibility index (Phi) is 4.01. The minimum atomic E-state index is 0.0717. The Hall–Kier alpha value is -0.0900. The van der Waals surface area contributed by atoms with Crippen molar-refractivity contribution in [3.8, 4) is 0 Å². The lowest BCUT2D eigenvalue weighted by Gasteiger charge is -2.08. The molecule has 68 valence electrons. The molecule has 1 unspecified atom stereocenters. The third-order valence-corrected chi connectivity index (χ3v) is 2.94. The molecule has 1 rings (SSSR count). The maximum Gasteiger partial charge on any atom is 0.0931 e. The van der Waals surface area contributed by atoms with Crippen molar-refractivity contribution >= 4 is 22.9 Å². The van der Waals surface area contributed by atoms with Crippen LogP contribution in [0.25, 0.3) is 0 Å². The van der Waals surface area contributed by atoms with E-state index >= 15 is 0 Å². The van der Waals surface area contributed by atoms with E-state index in [1.165, 1.54) is 0 Å². The van der Waals surface area contributed by atoms with Gasteiger partial charge in [-0.25, -0.2) is 0 Å². The van der Waals surface area contributed by atoms with Crippen LogP contribution in [-0.4, -0.2) is 13.1 Å². The summed E-state index contributed by atoms with van der Waals surface area (Å²) >= 11 is 7.33. The van der Waals surface area contributed by atoms with Gasteiger partial charge in [-0.15, -0.1) is 11.3 Å². The zero-order chi connectivity index (χ0) is 8.97. The molecule has 0 aliphatic carbocycles. The zero-order valence-corrected chi connectivity index (χ0v) is 8.58. The summed E-state index contributed by atoms with van der Waals surface area (Å²) in [5.74, 6) is 0. The van der Waals surface area contributed by atoms with E-state index in [1.807, 2.05) is 12.1 Å². The van der Waals surface area contributed by atoms with Gasteiger partial charge in [-0.2, -0.15) is 0 Å². The molecule has 3 N–H and O–H groups in total. The second-order valence-corrected chi connectivity index (χ2v) is 4.30. The predicted molar refractivity (Wildman–Crippen MR) is 54.8 cm³/mol. The molecule has 1 heterocycles. The van der Waals surface area contributed by atoms with Crippen molar-refractivity contribution in [1.82, 2.24) is 5.32 Å². The summed E-state index contributed by atoms with van der Waals surface area (Å²) in [6, 6.07) is 3.94. The molecule has 0 saturated heterocycles.